The second-order valence-electron chi connectivity index (χ2n) is 5.92. The van der Waals surface area contributed by atoms with Crippen molar-refractivity contribution in [3.05, 3.63) is 29.6 Å². The Bertz CT molecular complexity index is 570. The van der Waals surface area contributed by atoms with Crippen molar-refractivity contribution < 1.29 is 23.8 Å². The van der Waals surface area contributed by atoms with Gasteiger partial charge in [-0.3, -0.25) is 4.79 Å². The largest absolute Gasteiger partial charge is 0.494 e. The zero-order chi connectivity index (χ0) is 16.8. The third-order valence-electron chi connectivity index (χ3n) is 4.32. The zero-order valence-electron chi connectivity index (χ0n) is 13.2. The molecule has 1 atom stereocenters. The highest BCUT2D eigenvalue weighted by atomic mass is 19.1. The van der Waals surface area contributed by atoms with Crippen LogP contribution in [-0.4, -0.2) is 24.1 Å². The number of carboxylic acid groups (broad SMARTS) is 1. The highest BCUT2D eigenvalue weighted by Crippen LogP contribution is 2.28. The number of nitrogens with one attached hydrogen (secondary N) is 1. The number of methoxy groups -OCH3 is 1. The van der Waals surface area contributed by atoms with E-state index in [0.29, 0.717) is 12.3 Å². The highest BCUT2D eigenvalue weighted by molar-refractivity contribution is 5.84. The van der Waals surface area contributed by atoms with Gasteiger partial charge in [0, 0.05) is 6.42 Å². The van der Waals surface area contributed by atoms with E-state index < -0.39 is 17.8 Å². The summed E-state index contributed by atoms with van der Waals surface area (Å²) in [5, 5.41) is 11.8. The number of benzene rings is 1. The summed E-state index contributed by atoms with van der Waals surface area (Å²) >= 11 is 0. The molecule has 1 aromatic rings. The molecule has 1 aliphatic rings. The van der Waals surface area contributed by atoms with Gasteiger partial charge in [-0.1, -0.05) is 31.7 Å². The van der Waals surface area contributed by atoms with Crippen LogP contribution in [0.3, 0.4) is 0 Å². The lowest BCUT2D eigenvalue weighted by molar-refractivity contribution is -0.142. The van der Waals surface area contributed by atoms with Crippen LogP contribution in [-0.2, 0) is 9.59 Å². The molecule has 1 fully saturated rings. The van der Waals surface area contributed by atoms with E-state index in [0.717, 1.165) is 25.3 Å². The van der Waals surface area contributed by atoms with Gasteiger partial charge in [-0.05, 0) is 30.0 Å². The van der Waals surface area contributed by atoms with E-state index in [9.17, 15) is 19.1 Å². The van der Waals surface area contributed by atoms with Crippen molar-refractivity contribution in [1.29, 1.82) is 0 Å². The fourth-order valence-corrected chi connectivity index (χ4v) is 3.02. The molecule has 0 spiro atoms. The number of carboxylic acids is 1. The van der Waals surface area contributed by atoms with Gasteiger partial charge in [0.1, 0.15) is 0 Å². The molecular formula is C17H22FNO4. The second kappa shape index (κ2) is 7.94. The first-order chi connectivity index (χ1) is 11.0. The minimum Gasteiger partial charge on any atom is -0.494 e. The third kappa shape index (κ3) is 4.68. The van der Waals surface area contributed by atoms with E-state index in [1.807, 2.05) is 0 Å². The summed E-state index contributed by atoms with van der Waals surface area (Å²) in [6.07, 6.45) is 5.76. The Kier molecular flexibility index (Phi) is 5.96. The maximum Gasteiger partial charge on any atom is 0.330 e. The van der Waals surface area contributed by atoms with Crippen LogP contribution in [0.5, 0.6) is 5.75 Å². The molecule has 6 heteroatoms. The van der Waals surface area contributed by atoms with Gasteiger partial charge < -0.3 is 15.2 Å². The topological polar surface area (TPSA) is 75.6 Å². The number of carbonyl (C=O) groups excluding carboxylic acids is 1. The number of hydrogen-bond acceptors (Lipinski definition) is 3. The molecule has 2 rings (SSSR count). The Hall–Kier alpha value is -2.11. The second-order valence-corrected chi connectivity index (χ2v) is 5.92. The Labute approximate surface area is 134 Å². The molecule has 0 bridgehead atoms. The molecule has 126 valence electrons. The highest BCUT2D eigenvalue weighted by Gasteiger charge is 2.24. The number of amides is 1. The number of rotatable bonds is 7. The van der Waals surface area contributed by atoms with Crippen molar-refractivity contribution in [2.45, 2.75) is 44.6 Å². The van der Waals surface area contributed by atoms with Gasteiger partial charge in [0.15, 0.2) is 17.6 Å². The van der Waals surface area contributed by atoms with E-state index in [2.05, 4.69) is 5.32 Å². The first-order valence-corrected chi connectivity index (χ1v) is 7.87. The van der Waals surface area contributed by atoms with Crippen LogP contribution in [0, 0.1) is 11.7 Å². The predicted octanol–water partition coefficient (Wildman–Crippen LogP) is 3.05. The lowest BCUT2D eigenvalue weighted by Crippen LogP contribution is -2.33. The Morgan fingerprint density at radius 2 is 2.09 bits per heavy atom. The Morgan fingerprint density at radius 3 is 2.65 bits per heavy atom. The number of aliphatic carboxylic acids is 1. The van der Waals surface area contributed by atoms with Gasteiger partial charge in [0.05, 0.1) is 7.11 Å². The molecule has 23 heavy (non-hydrogen) atoms. The van der Waals surface area contributed by atoms with Crippen molar-refractivity contribution in [1.82, 2.24) is 5.32 Å². The first-order valence-electron chi connectivity index (χ1n) is 7.87. The molecule has 2 N–H and O–H groups in total. The lowest BCUT2D eigenvalue weighted by Gasteiger charge is -2.16. The summed E-state index contributed by atoms with van der Waals surface area (Å²) in [7, 11) is 1.33. The zero-order valence-corrected chi connectivity index (χ0v) is 13.2. The lowest BCUT2D eigenvalue weighted by atomic mass is 10.0. The fraction of sp³-hybridized carbons (Fsp3) is 0.529. The molecule has 0 aromatic heterocycles. The summed E-state index contributed by atoms with van der Waals surface area (Å²) in [5.74, 6) is -1.60. The Morgan fingerprint density at radius 1 is 1.39 bits per heavy atom. The van der Waals surface area contributed by atoms with E-state index in [4.69, 9.17) is 4.74 Å². The summed E-state index contributed by atoms with van der Waals surface area (Å²) in [4.78, 5) is 23.4. The average Bonchev–Trinajstić information content (AvgIpc) is 3.03. The molecule has 1 saturated carbocycles. The van der Waals surface area contributed by atoms with Gasteiger partial charge in [0.2, 0.25) is 5.91 Å². The fourth-order valence-electron chi connectivity index (χ4n) is 3.02. The average molecular weight is 323 g/mol. The van der Waals surface area contributed by atoms with Crippen LogP contribution in [0.4, 0.5) is 4.39 Å². The molecule has 0 radical (unpaired) electrons. The molecule has 5 nitrogen and oxygen atoms in total. The van der Waals surface area contributed by atoms with Crippen LogP contribution >= 0.6 is 0 Å². The first kappa shape index (κ1) is 17.2. The molecule has 0 aliphatic heterocycles. The summed E-state index contributed by atoms with van der Waals surface area (Å²) < 4.78 is 18.5. The molecule has 0 heterocycles. The normalized spacial score (nSPS) is 16.1. The van der Waals surface area contributed by atoms with Gasteiger partial charge in [-0.2, -0.15) is 0 Å². The molecule has 1 aromatic carbocycles. The van der Waals surface area contributed by atoms with Gasteiger partial charge in [0.25, 0.3) is 0 Å². The summed E-state index contributed by atoms with van der Waals surface area (Å²) in [6.45, 7) is 0. The van der Waals surface area contributed by atoms with Crippen molar-refractivity contribution in [3.63, 3.8) is 0 Å². The molecular weight excluding hydrogens is 301 g/mol. The van der Waals surface area contributed by atoms with Crippen molar-refractivity contribution in [2.24, 2.45) is 5.92 Å². The minimum atomic E-state index is -1.26. The van der Waals surface area contributed by atoms with Crippen molar-refractivity contribution in [2.75, 3.05) is 7.11 Å². The monoisotopic (exact) mass is 323 g/mol. The van der Waals surface area contributed by atoms with Gasteiger partial charge in [-0.25, -0.2) is 9.18 Å². The third-order valence-corrected chi connectivity index (χ3v) is 4.32. The number of hydrogen-bond donors (Lipinski definition) is 2. The number of halogens is 1. The Balaban J connectivity index is 1.99. The van der Waals surface area contributed by atoms with Crippen LogP contribution in [0.15, 0.2) is 18.2 Å². The van der Waals surface area contributed by atoms with E-state index in [1.165, 1.54) is 32.1 Å². The van der Waals surface area contributed by atoms with E-state index in [1.54, 1.807) is 0 Å². The van der Waals surface area contributed by atoms with Crippen molar-refractivity contribution >= 4 is 11.9 Å². The summed E-state index contributed by atoms with van der Waals surface area (Å²) in [6, 6.07) is 2.62. The number of carbonyl (C=O) groups is 2. The van der Waals surface area contributed by atoms with E-state index >= 15 is 0 Å². The van der Waals surface area contributed by atoms with Crippen molar-refractivity contribution in [3.8, 4) is 5.75 Å². The standard InChI is InChI=1S/C17H22FNO4/c1-23-14-8-7-12(10-13(14)18)16(17(21)22)19-15(20)9-6-11-4-2-3-5-11/h7-8,10-11,16H,2-6,9H2,1H3,(H,19,20)(H,21,22). The molecule has 1 unspecified atom stereocenters. The molecule has 1 amide bonds. The summed E-state index contributed by atoms with van der Waals surface area (Å²) in [5.41, 5.74) is 0.185. The molecule has 1 aliphatic carbocycles. The predicted molar refractivity (Wildman–Crippen MR) is 82.7 cm³/mol. The maximum atomic E-state index is 13.7. The van der Waals surface area contributed by atoms with E-state index in [-0.39, 0.29) is 17.2 Å². The molecule has 0 saturated heterocycles. The van der Waals surface area contributed by atoms with Crippen LogP contribution in [0.1, 0.15) is 50.1 Å². The van der Waals surface area contributed by atoms with Crippen LogP contribution < -0.4 is 10.1 Å². The van der Waals surface area contributed by atoms with Crippen LogP contribution in [0.25, 0.3) is 0 Å². The smallest absolute Gasteiger partial charge is 0.330 e. The SMILES string of the molecule is COc1ccc(C(NC(=O)CCC2CCCC2)C(=O)O)cc1F. The van der Waals surface area contributed by atoms with Gasteiger partial charge >= 0.3 is 5.97 Å². The van der Waals surface area contributed by atoms with Crippen LogP contribution in [0.2, 0.25) is 0 Å². The maximum absolute atomic E-state index is 13.7. The quantitative estimate of drug-likeness (QED) is 0.808. The van der Waals surface area contributed by atoms with Gasteiger partial charge in [-0.15, -0.1) is 0 Å². The minimum absolute atomic E-state index is 0.0328. The number of ether oxygens (including phenoxy) is 1.